The van der Waals surface area contributed by atoms with Crippen LogP contribution < -0.4 is 11.1 Å². The highest BCUT2D eigenvalue weighted by Crippen LogP contribution is 2.32. The summed E-state index contributed by atoms with van der Waals surface area (Å²) in [6.07, 6.45) is 6.42. The van der Waals surface area contributed by atoms with E-state index < -0.39 is 0 Å². The Balaban J connectivity index is 1.45. The van der Waals surface area contributed by atoms with E-state index in [-0.39, 0.29) is 0 Å². The maximum atomic E-state index is 5.54. The monoisotopic (exact) mass is 378 g/mol. The lowest BCUT2D eigenvalue weighted by Gasteiger charge is -2.31. The second-order valence-corrected chi connectivity index (χ2v) is 7.72. The highest BCUT2D eigenvalue weighted by molar-refractivity contribution is 5.75. The Kier molecular flexibility index (Phi) is 6.00. The third-order valence-electron chi connectivity index (χ3n) is 5.58. The van der Waals surface area contributed by atoms with Gasteiger partial charge in [0.05, 0.1) is 29.3 Å². The second-order valence-electron chi connectivity index (χ2n) is 7.72. The largest absolute Gasteiger partial charge is 0.341 e. The fourth-order valence-electron chi connectivity index (χ4n) is 4.11. The quantitative estimate of drug-likeness (QED) is 0.525. The van der Waals surface area contributed by atoms with Crippen molar-refractivity contribution in [1.82, 2.24) is 25.2 Å². The zero-order valence-electron chi connectivity index (χ0n) is 16.6. The van der Waals surface area contributed by atoms with Gasteiger partial charge in [0.1, 0.15) is 5.82 Å². The van der Waals surface area contributed by atoms with Crippen LogP contribution in [0.5, 0.6) is 0 Å². The highest BCUT2D eigenvalue weighted by atomic mass is 15.2. The summed E-state index contributed by atoms with van der Waals surface area (Å²) in [6.45, 7) is 3.32. The molecule has 148 valence electrons. The summed E-state index contributed by atoms with van der Waals surface area (Å²) in [7, 11) is 2.18. The number of fused-ring (bicyclic) bond motifs is 2. The van der Waals surface area contributed by atoms with E-state index in [2.05, 4.69) is 51.5 Å². The molecule has 3 aromatic rings. The van der Waals surface area contributed by atoms with E-state index in [0.29, 0.717) is 6.04 Å². The van der Waals surface area contributed by atoms with Gasteiger partial charge in [-0.2, -0.15) is 0 Å². The van der Waals surface area contributed by atoms with Crippen molar-refractivity contribution in [3.05, 3.63) is 59.2 Å². The van der Waals surface area contributed by atoms with Gasteiger partial charge in [0, 0.05) is 12.7 Å². The van der Waals surface area contributed by atoms with Crippen LogP contribution in [0.25, 0.3) is 11.0 Å². The molecule has 2 heterocycles. The van der Waals surface area contributed by atoms with Crippen molar-refractivity contribution in [2.24, 2.45) is 5.73 Å². The maximum absolute atomic E-state index is 5.54. The fraction of sp³-hybridized carbons (Fsp3) is 0.455. The average molecular weight is 379 g/mol. The van der Waals surface area contributed by atoms with Crippen molar-refractivity contribution in [2.75, 3.05) is 20.1 Å². The van der Waals surface area contributed by atoms with Gasteiger partial charge < -0.3 is 16.0 Å². The zero-order valence-corrected chi connectivity index (χ0v) is 16.6. The molecule has 4 N–H and O–H groups in total. The lowest BCUT2D eigenvalue weighted by Crippen LogP contribution is -2.28. The van der Waals surface area contributed by atoms with Gasteiger partial charge in [0.25, 0.3) is 0 Å². The summed E-state index contributed by atoms with van der Waals surface area (Å²) in [5.41, 5.74) is 11.6. The van der Waals surface area contributed by atoms with Gasteiger partial charge in [-0.3, -0.25) is 9.88 Å². The van der Waals surface area contributed by atoms with Crippen molar-refractivity contribution in [3.8, 4) is 0 Å². The number of aryl methyl sites for hydroxylation is 1. The summed E-state index contributed by atoms with van der Waals surface area (Å²) in [4.78, 5) is 15.4. The first-order chi connectivity index (χ1) is 13.7. The van der Waals surface area contributed by atoms with Crippen molar-refractivity contribution in [2.45, 2.75) is 44.8 Å². The maximum Gasteiger partial charge on any atom is 0.121 e. The van der Waals surface area contributed by atoms with Gasteiger partial charge in [-0.25, -0.2) is 4.98 Å². The van der Waals surface area contributed by atoms with E-state index in [0.717, 1.165) is 62.3 Å². The van der Waals surface area contributed by atoms with Crippen LogP contribution >= 0.6 is 0 Å². The average Bonchev–Trinajstić information content (AvgIpc) is 3.12. The fourth-order valence-corrected chi connectivity index (χ4v) is 4.11. The summed E-state index contributed by atoms with van der Waals surface area (Å²) < 4.78 is 0. The van der Waals surface area contributed by atoms with Crippen LogP contribution in [-0.2, 0) is 19.5 Å². The van der Waals surface area contributed by atoms with Crippen LogP contribution in [-0.4, -0.2) is 40.0 Å². The van der Waals surface area contributed by atoms with Crippen molar-refractivity contribution >= 4 is 11.0 Å². The third kappa shape index (κ3) is 4.24. The molecule has 0 saturated carbocycles. The molecule has 0 amide bonds. The smallest absolute Gasteiger partial charge is 0.121 e. The molecule has 0 bridgehead atoms. The summed E-state index contributed by atoms with van der Waals surface area (Å²) in [5.74, 6) is 1.01. The molecule has 1 atom stereocenters. The Morgan fingerprint density at radius 3 is 3.14 bits per heavy atom. The lowest BCUT2D eigenvalue weighted by molar-refractivity contribution is 0.204. The zero-order chi connectivity index (χ0) is 19.3. The predicted molar refractivity (Wildman–Crippen MR) is 113 cm³/mol. The van der Waals surface area contributed by atoms with E-state index in [1.54, 1.807) is 0 Å². The molecular weight excluding hydrogens is 348 g/mol. The SMILES string of the molecule is CN(Cc1nc2ccc(CNCCCN)cc2[nH]1)C1CCCc2cccnc21. The number of H-pyrrole nitrogens is 1. The van der Waals surface area contributed by atoms with E-state index >= 15 is 0 Å². The molecule has 4 rings (SSSR count). The molecule has 1 aliphatic carbocycles. The van der Waals surface area contributed by atoms with Gasteiger partial charge in [-0.15, -0.1) is 0 Å². The van der Waals surface area contributed by atoms with E-state index in [1.165, 1.54) is 23.2 Å². The Hall–Kier alpha value is -2.28. The van der Waals surface area contributed by atoms with Crippen molar-refractivity contribution in [1.29, 1.82) is 0 Å². The number of aromatic nitrogens is 3. The third-order valence-corrected chi connectivity index (χ3v) is 5.58. The minimum atomic E-state index is 0.362. The van der Waals surface area contributed by atoms with Crippen molar-refractivity contribution < 1.29 is 0 Å². The molecule has 0 radical (unpaired) electrons. The Morgan fingerprint density at radius 1 is 1.32 bits per heavy atom. The molecule has 0 spiro atoms. The van der Waals surface area contributed by atoms with Gasteiger partial charge in [-0.1, -0.05) is 12.1 Å². The van der Waals surface area contributed by atoms with Gasteiger partial charge >= 0.3 is 0 Å². The number of pyridine rings is 1. The summed E-state index contributed by atoms with van der Waals surface area (Å²) in [5, 5.41) is 3.43. The second kappa shape index (κ2) is 8.82. The molecular formula is C22H30N6. The Morgan fingerprint density at radius 2 is 2.25 bits per heavy atom. The first-order valence-corrected chi connectivity index (χ1v) is 10.3. The number of nitrogens with one attached hydrogen (secondary N) is 2. The summed E-state index contributed by atoms with van der Waals surface area (Å²) in [6, 6.07) is 11.1. The van der Waals surface area contributed by atoms with E-state index in [9.17, 15) is 0 Å². The normalized spacial score (nSPS) is 16.6. The number of nitrogens with zero attached hydrogens (tertiary/aromatic N) is 3. The number of hydrogen-bond donors (Lipinski definition) is 3. The molecule has 1 aromatic carbocycles. The molecule has 0 aliphatic heterocycles. The predicted octanol–water partition coefficient (Wildman–Crippen LogP) is 2.91. The van der Waals surface area contributed by atoms with Crippen LogP contribution in [0, 0.1) is 0 Å². The number of benzene rings is 1. The lowest BCUT2D eigenvalue weighted by atomic mass is 9.91. The van der Waals surface area contributed by atoms with Crippen LogP contribution in [0.3, 0.4) is 0 Å². The highest BCUT2D eigenvalue weighted by Gasteiger charge is 2.25. The number of rotatable bonds is 8. The summed E-state index contributed by atoms with van der Waals surface area (Å²) >= 11 is 0. The van der Waals surface area contributed by atoms with Gasteiger partial charge in [-0.05, 0) is 75.1 Å². The molecule has 1 aliphatic rings. The standard InChI is InChI=1S/C22H30N6/c1-28(20-7-2-5-17-6-3-12-25-22(17)20)15-21-26-18-9-8-16(13-19(18)27-21)14-24-11-4-10-23/h3,6,8-9,12-13,20,24H,2,4-5,7,10-11,14-15,23H2,1H3,(H,26,27). The van der Waals surface area contributed by atoms with Gasteiger partial charge in [0.15, 0.2) is 0 Å². The first-order valence-electron chi connectivity index (χ1n) is 10.3. The number of imidazole rings is 1. The van der Waals surface area contributed by atoms with Crippen LogP contribution in [0.1, 0.15) is 47.9 Å². The van der Waals surface area contributed by atoms with Crippen LogP contribution in [0.4, 0.5) is 0 Å². The van der Waals surface area contributed by atoms with E-state index in [4.69, 9.17) is 10.7 Å². The number of nitrogens with two attached hydrogens (primary N) is 1. The molecule has 2 aromatic heterocycles. The van der Waals surface area contributed by atoms with Gasteiger partial charge in [0.2, 0.25) is 0 Å². The molecule has 6 heteroatoms. The molecule has 0 saturated heterocycles. The van der Waals surface area contributed by atoms with Crippen LogP contribution in [0.2, 0.25) is 0 Å². The minimum Gasteiger partial charge on any atom is -0.341 e. The van der Waals surface area contributed by atoms with Crippen LogP contribution in [0.15, 0.2) is 36.5 Å². The molecule has 28 heavy (non-hydrogen) atoms. The van der Waals surface area contributed by atoms with Crippen molar-refractivity contribution in [3.63, 3.8) is 0 Å². The first kappa shape index (κ1) is 19.1. The number of aromatic amines is 1. The Bertz CT molecular complexity index is 918. The molecule has 6 nitrogen and oxygen atoms in total. The molecule has 0 fully saturated rings. The van der Waals surface area contributed by atoms with E-state index in [1.807, 2.05) is 12.3 Å². The number of hydrogen-bond acceptors (Lipinski definition) is 5. The minimum absolute atomic E-state index is 0.362. The Labute approximate surface area is 166 Å². The topological polar surface area (TPSA) is 82.9 Å². The molecule has 1 unspecified atom stereocenters.